The molecule has 0 aromatic carbocycles. The van der Waals surface area contributed by atoms with Gasteiger partial charge in [0.05, 0.1) is 6.54 Å². The van der Waals surface area contributed by atoms with Gasteiger partial charge in [0, 0.05) is 13.6 Å². The van der Waals surface area contributed by atoms with Crippen molar-refractivity contribution in [2.75, 3.05) is 13.6 Å². The van der Waals surface area contributed by atoms with Gasteiger partial charge in [0.25, 0.3) is 5.91 Å². The molecule has 92 valence electrons. The average Bonchev–Trinajstić information content (AvgIpc) is 2.78. The number of primary amides is 1. The van der Waals surface area contributed by atoms with Crippen molar-refractivity contribution < 1.29 is 9.21 Å². The summed E-state index contributed by atoms with van der Waals surface area (Å²) in [5, 5.41) is 6.02. The van der Waals surface area contributed by atoms with E-state index in [-0.39, 0.29) is 5.76 Å². The second kappa shape index (κ2) is 6.37. The third-order valence-electron chi connectivity index (χ3n) is 1.97. The van der Waals surface area contributed by atoms with Gasteiger partial charge in [-0.05, 0) is 12.1 Å². The molecule has 1 rings (SSSR count). The number of carbonyl (C=O) groups is 1. The predicted molar refractivity (Wildman–Crippen MR) is 65.6 cm³/mol. The maximum absolute atomic E-state index is 10.8. The molecule has 1 heterocycles. The molecule has 0 saturated heterocycles. The van der Waals surface area contributed by atoms with Crippen molar-refractivity contribution in [1.29, 1.82) is 0 Å². The molecule has 0 aliphatic carbocycles. The fourth-order valence-electron chi connectivity index (χ4n) is 1.17. The highest BCUT2D eigenvalue weighted by atomic mass is 16.3. The number of hydrogen-bond donors (Lipinski definition) is 3. The number of rotatable bonds is 5. The van der Waals surface area contributed by atoms with Crippen molar-refractivity contribution in [2.24, 2.45) is 10.7 Å². The second-order valence-corrected chi connectivity index (χ2v) is 3.23. The summed E-state index contributed by atoms with van der Waals surface area (Å²) >= 11 is 0. The largest absolute Gasteiger partial charge is 0.454 e. The smallest absolute Gasteiger partial charge is 0.284 e. The van der Waals surface area contributed by atoms with Gasteiger partial charge >= 0.3 is 0 Å². The van der Waals surface area contributed by atoms with Gasteiger partial charge in [0.15, 0.2) is 11.7 Å². The summed E-state index contributed by atoms with van der Waals surface area (Å²) in [5.41, 5.74) is 5.07. The van der Waals surface area contributed by atoms with Crippen LogP contribution in [0.2, 0.25) is 0 Å². The summed E-state index contributed by atoms with van der Waals surface area (Å²) < 4.78 is 5.20. The molecule has 0 radical (unpaired) electrons. The van der Waals surface area contributed by atoms with Crippen LogP contribution in [0, 0.1) is 0 Å². The van der Waals surface area contributed by atoms with Crippen molar-refractivity contribution in [1.82, 2.24) is 10.6 Å². The Bertz CT molecular complexity index is 423. The van der Waals surface area contributed by atoms with Gasteiger partial charge in [-0.1, -0.05) is 6.08 Å². The summed E-state index contributed by atoms with van der Waals surface area (Å²) in [6, 6.07) is 3.23. The molecule has 6 nitrogen and oxygen atoms in total. The van der Waals surface area contributed by atoms with E-state index in [0.717, 1.165) is 0 Å². The molecule has 0 bridgehead atoms. The summed E-state index contributed by atoms with van der Waals surface area (Å²) in [4.78, 5) is 14.8. The fraction of sp³-hybridized carbons (Fsp3) is 0.273. The number of nitrogens with two attached hydrogens (primary N) is 1. The maximum atomic E-state index is 10.8. The van der Waals surface area contributed by atoms with Gasteiger partial charge in [0.1, 0.15) is 5.76 Å². The first kappa shape index (κ1) is 12.8. The van der Waals surface area contributed by atoms with Gasteiger partial charge < -0.3 is 20.8 Å². The standard InChI is InChI=1S/C11H16N4O2/c1-3-6-14-11(13-2)15-7-8-4-5-9(17-8)10(12)16/h3-5H,1,6-7H2,2H3,(H2,12,16)(H2,13,14,15). The molecule has 0 fully saturated rings. The van der Waals surface area contributed by atoms with E-state index in [2.05, 4.69) is 22.2 Å². The zero-order valence-electron chi connectivity index (χ0n) is 9.69. The Balaban J connectivity index is 2.48. The van der Waals surface area contributed by atoms with E-state index in [0.29, 0.717) is 24.8 Å². The molecular weight excluding hydrogens is 220 g/mol. The summed E-state index contributed by atoms with van der Waals surface area (Å²) in [7, 11) is 1.66. The zero-order valence-corrected chi connectivity index (χ0v) is 9.69. The van der Waals surface area contributed by atoms with Gasteiger partial charge in [-0.2, -0.15) is 0 Å². The molecule has 1 amide bonds. The molecule has 1 aromatic heterocycles. The third kappa shape index (κ3) is 4.02. The van der Waals surface area contributed by atoms with Crippen LogP contribution in [0.1, 0.15) is 16.3 Å². The molecule has 0 unspecified atom stereocenters. The summed E-state index contributed by atoms with van der Waals surface area (Å²) in [6.07, 6.45) is 1.73. The minimum absolute atomic E-state index is 0.149. The topological polar surface area (TPSA) is 92.6 Å². The number of hydrogen-bond acceptors (Lipinski definition) is 3. The number of furan rings is 1. The van der Waals surface area contributed by atoms with Crippen molar-refractivity contribution in [2.45, 2.75) is 6.54 Å². The predicted octanol–water partition coefficient (Wildman–Crippen LogP) is 0.229. The van der Waals surface area contributed by atoms with E-state index >= 15 is 0 Å². The lowest BCUT2D eigenvalue weighted by Gasteiger charge is -2.08. The van der Waals surface area contributed by atoms with Crippen LogP contribution >= 0.6 is 0 Å². The Morgan fingerprint density at radius 1 is 1.59 bits per heavy atom. The minimum atomic E-state index is -0.578. The van der Waals surface area contributed by atoms with Crippen LogP contribution in [0.25, 0.3) is 0 Å². The van der Waals surface area contributed by atoms with E-state index in [9.17, 15) is 4.79 Å². The Morgan fingerprint density at radius 2 is 2.35 bits per heavy atom. The maximum Gasteiger partial charge on any atom is 0.284 e. The Morgan fingerprint density at radius 3 is 2.88 bits per heavy atom. The van der Waals surface area contributed by atoms with Gasteiger partial charge in [-0.3, -0.25) is 9.79 Å². The van der Waals surface area contributed by atoms with Crippen LogP contribution in [0.4, 0.5) is 0 Å². The quantitative estimate of drug-likeness (QED) is 0.387. The highest BCUT2D eigenvalue weighted by Crippen LogP contribution is 2.06. The highest BCUT2D eigenvalue weighted by Gasteiger charge is 2.07. The highest BCUT2D eigenvalue weighted by molar-refractivity contribution is 5.89. The Kier molecular flexibility index (Phi) is 4.80. The van der Waals surface area contributed by atoms with Crippen molar-refractivity contribution in [3.05, 3.63) is 36.3 Å². The zero-order chi connectivity index (χ0) is 12.7. The van der Waals surface area contributed by atoms with E-state index < -0.39 is 5.91 Å². The molecule has 0 spiro atoms. The lowest BCUT2D eigenvalue weighted by molar-refractivity contribution is 0.0972. The average molecular weight is 236 g/mol. The summed E-state index contributed by atoms with van der Waals surface area (Å²) in [6.45, 7) is 4.63. The number of carbonyl (C=O) groups excluding carboxylic acids is 1. The number of amides is 1. The molecule has 6 heteroatoms. The molecule has 0 aliphatic heterocycles. The first-order valence-electron chi connectivity index (χ1n) is 5.11. The molecule has 1 aromatic rings. The molecule has 0 atom stereocenters. The van der Waals surface area contributed by atoms with E-state index in [1.54, 1.807) is 25.3 Å². The normalized spacial score (nSPS) is 11.0. The minimum Gasteiger partial charge on any atom is -0.454 e. The number of nitrogens with one attached hydrogen (secondary N) is 2. The SMILES string of the molecule is C=CCNC(=NC)NCc1ccc(C(N)=O)o1. The third-order valence-corrected chi connectivity index (χ3v) is 1.97. The van der Waals surface area contributed by atoms with Crippen molar-refractivity contribution in [3.8, 4) is 0 Å². The number of guanidine groups is 1. The van der Waals surface area contributed by atoms with E-state index in [1.165, 1.54) is 0 Å². The first-order valence-corrected chi connectivity index (χ1v) is 5.11. The molecule has 17 heavy (non-hydrogen) atoms. The van der Waals surface area contributed by atoms with Crippen LogP contribution in [0.3, 0.4) is 0 Å². The second-order valence-electron chi connectivity index (χ2n) is 3.23. The van der Waals surface area contributed by atoms with Gasteiger partial charge in [-0.15, -0.1) is 6.58 Å². The van der Waals surface area contributed by atoms with Gasteiger partial charge in [0.2, 0.25) is 0 Å². The lowest BCUT2D eigenvalue weighted by atomic mass is 10.4. The van der Waals surface area contributed by atoms with E-state index in [4.69, 9.17) is 10.2 Å². The van der Waals surface area contributed by atoms with Crippen LogP contribution in [-0.2, 0) is 6.54 Å². The van der Waals surface area contributed by atoms with Crippen LogP contribution < -0.4 is 16.4 Å². The lowest BCUT2D eigenvalue weighted by Crippen LogP contribution is -2.36. The Hall–Kier alpha value is -2.24. The molecule has 4 N–H and O–H groups in total. The van der Waals surface area contributed by atoms with E-state index in [1.807, 2.05) is 0 Å². The molecule has 0 saturated carbocycles. The van der Waals surface area contributed by atoms with Gasteiger partial charge in [-0.25, -0.2) is 0 Å². The van der Waals surface area contributed by atoms with Crippen LogP contribution in [0.15, 0.2) is 34.2 Å². The fourth-order valence-corrected chi connectivity index (χ4v) is 1.17. The monoisotopic (exact) mass is 236 g/mol. The van der Waals surface area contributed by atoms with Crippen molar-refractivity contribution in [3.63, 3.8) is 0 Å². The summed E-state index contributed by atoms with van der Waals surface area (Å²) in [5.74, 6) is 0.809. The van der Waals surface area contributed by atoms with Crippen LogP contribution in [0.5, 0.6) is 0 Å². The number of aliphatic imine (C=N–C) groups is 1. The van der Waals surface area contributed by atoms with Crippen LogP contribution in [-0.4, -0.2) is 25.5 Å². The molecule has 0 aliphatic rings. The number of nitrogens with zero attached hydrogens (tertiary/aromatic N) is 1. The molecular formula is C11H16N4O2. The first-order chi connectivity index (χ1) is 8.17. The van der Waals surface area contributed by atoms with Crippen molar-refractivity contribution >= 4 is 11.9 Å². The Labute approximate surface area is 99.6 Å².